The second-order valence-electron chi connectivity index (χ2n) is 8.04. The van der Waals surface area contributed by atoms with E-state index < -0.39 is 5.60 Å². The van der Waals surface area contributed by atoms with Crippen LogP contribution >= 0.6 is 0 Å². The van der Waals surface area contributed by atoms with Crippen LogP contribution in [-0.2, 0) is 4.74 Å². The zero-order chi connectivity index (χ0) is 16.4. The highest BCUT2D eigenvalue weighted by atomic mass is 16.6. The summed E-state index contributed by atoms with van der Waals surface area (Å²) in [7, 11) is 0. The zero-order valence-corrected chi connectivity index (χ0v) is 14.3. The van der Waals surface area contributed by atoms with E-state index in [4.69, 9.17) is 10.5 Å². The van der Waals surface area contributed by atoms with Gasteiger partial charge in [-0.05, 0) is 77.2 Å². The molecule has 1 aliphatic heterocycles. The molecule has 0 spiro atoms. The Morgan fingerprint density at radius 1 is 1.23 bits per heavy atom. The number of hydrogen-bond acceptors (Lipinski definition) is 4. The first-order valence-electron chi connectivity index (χ1n) is 8.62. The highest BCUT2D eigenvalue weighted by molar-refractivity contribution is 5.68. The molecule has 1 aliphatic carbocycles. The fourth-order valence-electron chi connectivity index (χ4n) is 3.96. The highest BCUT2D eigenvalue weighted by Gasteiger charge is 2.42. The fraction of sp³-hybridized carbons (Fsp3) is 0.941. The maximum absolute atomic E-state index is 12.1. The molecule has 22 heavy (non-hydrogen) atoms. The lowest BCUT2D eigenvalue weighted by molar-refractivity contribution is -0.00939. The van der Waals surface area contributed by atoms with Crippen LogP contribution < -0.4 is 5.73 Å². The molecule has 5 heteroatoms. The van der Waals surface area contributed by atoms with Gasteiger partial charge in [0.25, 0.3) is 0 Å². The minimum Gasteiger partial charge on any atom is -0.444 e. The van der Waals surface area contributed by atoms with Crippen LogP contribution in [0.1, 0.15) is 59.3 Å². The van der Waals surface area contributed by atoms with E-state index in [0.717, 1.165) is 51.6 Å². The Bertz CT molecular complexity index is 376. The lowest BCUT2D eigenvalue weighted by atomic mass is 9.62. The fourth-order valence-corrected chi connectivity index (χ4v) is 3.96. The number of aliphatic hydroxyl groups is 1. The third-order valence-electron chi connectivity index (χ3n) is 5.37. The van der Waals surface area contributed by atoms with Crippen molar-refractivity contribution in [1.29, 1.82) is 0 Å². The van der Waals surface area contributed by atoms with Crippen LogP contribution in [0, 0.1) is 11.3 Å². The van der Waals surface area contributed by atoms with E-state index in [2.05, 4.69) is 0 Å². The quantitative estimate of drug-likeness (QED) is 0.821. The van der Waals surface area contributed by atoms with Gasteiger partial charge in [-0.3, -0.25) is 0 Å². The normalized spacial score (nSPS) is 31.1. The Labute approximate surface area is 134 Å². The van der Waals surface area contributed by atoms with Crippen LogP contribution in [0.5, 0.6) is 0 Å². The molecule has 0 aromatic rings. The molecule has 1 heterocycles. The van der Waals surface area contributed by atoms with Crippen molar-refractivity contribution in [2.24, 2.45) is 17.1 Å². The van der Waals surface area contributed by atoms with E-state index in [-0.39, 0.29) is 17.6 Å². The van der Waals surface area contributed by atoms with Crippen LogP contribution in [0.3, 0.4) is 0 Å². The molecule has 0 aromatic heterocycles. The Hall–Kier alpha value is -0.810. The summed E-state index contributed by atoms with van der Waals surface area (Å²) in [5.41, 5.74) is 5.83. The van der Waals surface area contributed by atoms with Crippen molar-refractivity contribution < 1.29 is 14.6 Å². The van der Waals surface area contributed by atoms with E-state index in [1.54, 1.807) is 0 Å². The van der Waals surface area contributed by atoms with Gasteiger partial charge in [0.05, 0.1) is 6.10 Å². The molecule has 5 nitrogen and oxygen atoms in total. The van der Waals surface area contributed by atoms with Crippen molar-refractivity contribution in [3.8, 4) is 0 Å². The van der Waals surface area contributed by atoms with Gasteiger partial charge in [-0.1, -0.05) is 0 Å². The third-order valence-corrected chi connectivity index (χ3v) is 5.37. The molecule has 0 atom stereocenters. The number of likely N-dealkylation sites (tertiary alicyclic amines) is 1. The van der Waals surface area contributed by atoms with E-state index >= 15 is 0 Å². The average Bonchev–Trinajstić information content (AvgIpc) is 2.47. The molecule has 2 fully saturated rings. The summed E-state index contributed by atoms with van der Waals surface area (Å²) in [6.45, 7) is 7.89. The zero-order valence-electron chi connectivity index (χ0n) is 14.3. The summed E-state index contributed by atoms with van der Waals surface area (Å²) >= 11 is 0. The molecular weight excluding hydrogens is 280 g/mol. The molecule has 1 saturated carbocycles. The Kier molecular flexibility index (Phi) is 5.38. The topological polar surface area (TPSA) is 75.8 Å². The minimum atomic E-state index is -0.439. The predicted octanol–water partition coefficient (Wildman–Crippen LogP) is 2.51. The first kappa shape index (κ1) is 17.5. The van der Waals surface area contributed by atoms with E-state index in [1.165, 1.54) is 0 Å². The number of ether oxygens (including phenoxy) is 1. The second kappa shape index (κ2) is 6.75. The van der Waals surface area contributed by atoms with Crippen molar-refractivity contribution in [3.05, 3.63) is 0 Å². The highest BCUT2D eigenvalue weighted by Crippen LogP contribution is 2.46. The van der Waals surface area contributed by atoms with Crippen molar-refractivity contribution in [2.75, 3.05) is 19.6 Å². The summed E-state index contributed by atoms with van der Waals surface area (Å²) in [6, 6.07) is 0. The molecule has 2 rings (SSSR count). The number of aliphatic hydroxyl groups excluding tert-OH is 1. The monoisotopic (exact) mass is 312 g/mol. The predicted molar refractivity (Wildman–Crippen MR) is 86.5 cm³/mol. The molecule has 3 N–H and O–H groups in total. The molecule has 128 valence electrons. The van der Waals surface area contributed by atoms with Gasteiger partial charge in [-0.15, -0.1) is 0 Å². The SMILES string of the molecule is CC(C)(C)OC(=O)N1CCC(C2(CN)CCC(O)CC2)CC1. The number of carbonyl (C=O) groups excluding carboxylic acids is 1. The van der Waals surface area contributed by atoms with Crippen molar-refractivity contribution in [3.63, 3.8) is 0 Å². The Morgan fingerprint density at radius 3 is 2.23 bits per heavy atom. The maximum atomic E-state index is 12.1. The largest absolute Gasteiger partial charge is 0.444 e. The van der Waals surface area contributed by atoms with E-state index in [1.807, 2.05) is 25.7 Å². The first-order valence-corrected chi connectivity index (χ1v) is 8.62. The maximum Gasteiger partial charge on any atom is 0.410 e. The van der Waals surface area contributed by atoms with E-state index in [0.29, 0.717) is 12.5 Å². The van der Waals surface area contributed by atoms with Crippen molar-refractivity contribution >= 4 is 6.09 Å². The van der Waals surface area contributed by atoms with Gasteiger partial charge in [-0.25, -0.2) is 4.79 Å². The number of nitrogens with two attached hydrogens (primary N) is 1. The van der Waals surface area contributed by atoms with Gasteiger partial charge in [0.15, 0.2) is 0 Å². The molecule has 1 amide bonds. The molecule has 0 radical (unpaired) electrons. The Balaban J connectivity index is 1.89. The van der Waals surface area contributed by atoms with Crippen LogP contribution in [0.25, 0.3) is 0 Å². The van der Waals surface area contributed by atoms with Gasteiger partial charge in [0.2, 0.25) is 0 Å². The first-order chi connectivity index (χ1) is 10.3. The van der Waals surface area contributed by atoms with Gasteiger partial charge >= 0.3 is 6.09 Å². The molecular formula is C17H32N2O3. The number of rotatable bonds is 2. The average molecular weight is 312 g/mol. The number of hydrogen-bond donors (Lipinski definition) is 2. The molecule has 1 saturated heterocycles. The van der Waals surface area contributed by atoms with Crippen LogP contribution in [-0.4, -0.2) is 47.4 Å². The third kappa shape index (κ3) is 4.13. The standard InChI is InChI=1S/C17H32N2O3/c1-16(2,3)22-15(21)19-10-6-13(7-11-19)17(12-18)8-4-14(20)5-9-17/h13-14,20H,4-12,18H2,1-3H3. The van der Waals surface area contributed by atoms with Gasteiger partial charge < -0.3 is 20.5 Å². The van der Waals surface area contributed by atoms with Crippen LogP contribution in [0.15, 0.2) is 0 Å². The number of carbonyl (C=O) groups is 1. The van der Waals surface area contributed by atoms with Crippen LogP contribution in [0.2, 0.25) is 0 Å². The van der Waals surface area contributed by atoms with Crippen LogP contribution in [0.4, 0.5) is 4.79 Å². The second-order valence-corrected chi connectivity index (χ2v) is 8.04. The lowest BCUT2D eigenvalue weighted by Gasteiger charge is -2.47. The summed E-state index contributed by atoms with van der Waals surface area (Å²) in [5, 5.41) is 9.75. The van der Waals surface area contributed by atoms with Crippen molar-refractivity contribution in [2.45, 2.75) is 71.0 Å². The minimum absolute atomic E-state index is 0.151. The van der Waals surface area contributed by atoms with Gasteiger partial charge in [-0.2, -0.15) is 0 Å². The van der Waals surface area contributed by atoms with E-state index in [9.17, 15) is 9.90 Å². The summed E-state index contributed by atoms with van der Waals surface area (Å²) < 4.78 is 5.45. The smallest absolute Gasteiger partial charge is 0.410 e. The Morgan fingerprint density at radius 2 is 1.77 bits per heavy atom. The lowest BCUT2D eigenvalue weighted by Crippen LogP contribution is -2.49. The summed E-state index contributed by atoms with van der Waals surface area (Å²) in [5.74, 6) is 0.559. The number of piperidine rings is 1. The van der Waals surface area contributed by atoms with Gasteiger partial charge in [0.1, 0.15) is 5.60 Å². The molecule has 2 aliphatic rings. The molecule has 0 unspecified atom stereocenters. The molecule has 0 bridgehead atoms. The molecule has 0 aromatic carbocycles. The summed E-state index contributed by atoms with van der Waals surface area (Å²) in [6.07, 6.45) is 5.39. The van der Waals surface area contributed by atoms with Gasteiger partial charge in [0, 0.05) is 13.1 Å². The number of amides is 1. The van der Waals surface area contributed by atoms with Crippen molar-refractivity contribution in [1.82, 2.24) is 4.90 Å². The summed E-state index contributed by atoms with van der Waals surface area (Å²) in [4.78, 5) is 14.0. The number of nitrogens with zero attached hydrogens (tertiary/aromatic N) is 1.